The molecule has 1 unspecified atom stereocenters. The lowest BCUT2D eigenvalue weighted by Crippen LogP contribution is -2.02. The third kappa shape index (κ3) is 2.66. The molecule has 0 heterocycles. The summed E-state index contributed by atoms with van der Waals surface area (Å²) < 4.78 is 14.4. The summed E-state index contributed by atoms with van der Waals surface area (Å²) in [6.07, 6.45) is -0.781. The van der Waals surface area contributed by atoms with E-state index in [9.17, 15) is 9.50 Å². The van der Waals surface area contributed by atoms with Gasteiger partial charge in [-0.3, -0.25) is 0 Å². The third-order valence-electron chi connectivity index (χ3n) is 2.78. The van der Waals surface area contributed by atoms with Gasteiger partial charge in [-0.05, 0) is 51.7 Å². The van der Waals surface area contributed by atoms with E-state index in [1.807, 2.05) is 25.1 Å². The number of aryl methyl sites for hydroxylation is 1. The van der Waals surface area contributed by atoms with Crippen LogP contribution in [-0.2, 0) is 0 Å². The Balaban J connectivity index is 2.44. The maximum Gasteiger partial charge on any atom is 0.137 e. The molecule has 2 aromatic carbocycles. The fraction of sp³-hybridized carbons (Fsp3) is 0.143. The molecule has 0 aromatic heterocycles. The Bertz CT molecular complexity index is 584. The lowest BCUT2D eigenvalue weighted by molar-refractivity contribution is 0.219. The summed E-state index contributed by atoms with van der Waals surface area (Å²) in [7, 11) is 0. The molecule has 4 heteroatoms. The van der Waals surface area contributed by atoms with E-state index in [-0.39, 0.29) is 5.82 Å². The second kappa shape index (κ2) is 5.51. The Labute approximate surface area is 122 Å². The Morgan fingerprint density at radius 2 is 1.89 bits per heavy atom. The molecule has 1 atom stereocenters. The van der Waals surface area contributed by atoms with Crippen molar-refractivity contribution in [3.05, 3.63) is 67.9 Å². The van der Waals surface area contributed by atoms with Gasteiger partial charge in [0.15, 0.2) is 0 Å². The van der Waals surface area contributed by atoms with Crippen molar-refractivity contribution in [1.29, 1.82) is 0 Å². The second-order valence-corrected chi connectivity index (χ2v) is 5.70. The van der Waals surface area contributed by atoms with Gasteiger partial charge in [-0.2, -0.15) is 0 Å². The van der Waals surface area contributed by atoms with Crippen LogP contribution >= 0.6 is 31.9 Å². The van der Waals surface area contributed by atoms with Gasteiger partial charge in [0.1, 0.15) is 11.9 Å². The normalized spacial score (nSPS) is 12.5. The van der Waals surface area contributed by atoms with Crippen molar-refractivity contribution in [3.63, 3.8) is 0 Å². The smallest absolute Gasteiger partial charge is 0.137 e. The van der Waals surface area contributed by atoms with Gasteiger partial charge in [0.2, 0.25) is 0 Å². The molecule has 0 aliphatic carbocycles. The van der Waals surface area contributed by atoms with E-state index >= 15 is 0 Å². The van der Waals surface area contributed by atoms with Crippen LogP contribution < -0.4 is 0 Å². The fourth-order valence-electron chi connectivity index (χ4n) is 1.74. The highest BCUT2D eigenvalue weighted by molar-refractivity contribution is 9.10. The summed E-state index contributed by atoms with van der Waals surface area (Å²) in [5, 5.41) is 10.3. The third-order valence-corrected chi connectivity index (χ3v) is 4.47. The van der Waals surface area contributed by atoms with Crippen molar-refractivity contribution >= 4 is 31.9 Å². The molecule has 0 spiro atoms. The molecular weight excluding hydrogens is 363 g/mol. The van der Waals surface area contributed by atoms with Crippen molar-refractivity contribution in [1.82, 2.24) is 0 Å². The van der Waals surface area contributed by atoms with Gasteiger partial charge in [0.05, 0.1) is 4.47 Å². The first-order valence-electron chi connectivity index (χ1n) is 5.38. The molecule has 0 radical (unpaired) electrons. The van der Waals surface area contributed by atoms with Crippen LogP contribution in [0.2, 0.25) is 0 Å². The predicted octanol–water partition coefficient (Wildman–Crippen LogP) is 4.74. The number of aliphatic hydroxyl groups is 1. The number of rotatable bonds is 2. The highest BCUT2D eigenvalue weighted by atomic mass is 79.9. The molecule has 0 aliphatic rings. The summed E-state index contributed by atoms with van der Waals surface area (Å²) in [4.78, 5) is 0. The van der Waals surface area contributed by atoms with E-state index in [4.69, 9.17) is 0 Å². The molecule has 0 amide bonds. The molecule has 0 bridgehead atoms. The first-order valence-corrected chi connectivity index (χ1v) is 6.97. The first kappa shape index (κ1) is 13.7. The summed E-state index contributed by atoms with van der Waals surface area (Å²) in [6.45, 7) is 1.96. The average molecular weight is 374 g/mol. The zero-order valence-electron chi connectivity index (χ0n) is 9.62. The van der Waals surface area contributed by atoms with Gasteiger partial charge < -0.3 is 5.11 Å². The van der Waals surface area contributed by atoms with Crippen LogP contribution in [0.15, 0.2) is 45.3 Å². The Hall–Kier alpha value is -0.710. The van der Waals surface area contributed by atoms with Crippen molar-refractivity contribution in [3.8, 4) is 0 Å². The number of hydrogen-bond acceptors (Lipinski definition) is 1. The van der Waals surface area contributed by atoms with Gasteiger partial charge >= 0.3 is 0 Å². The average Bonchev–Trinajstić information content (AvgIpc) is 2.35. The summed E-state index contributed by atoms with van der Waals surface area (Å²) in [5.74, 6) is -0.339. The predicted molar refractivity (Wildman–Crippen MR) is 77.0 cm³/mol. The molecule has 0 saturated carbocycles. The van der Waals surface area contributed by atoms with E-state index in [0.717, 1.165) is 15.6 Å². The lowest BCUT2D eigenvalue weighted by atomic mass is 10.00. The molecule has 2 rings (SSSR count). The van der Waals surface area contributed by atoms with Crippen molar-refractivity contribution in [2.24, 2.45) is 0 Å². The maximum atomic E-state index is 13.2. The first-order chi connectivity index (χ1) is 8.50. The SMILES string of the molecule is Cc1cccc(C(O)c2ccc(F)c(Br)c2)c1Br. The zero-order valence-corrected chi connectivity index (χ0v) is 12.8. The lowest BCUT2D eigenvalue weighted by Gasteiger charge is -2.15. The Kier molecular flexibility index (Phi) is 4.20. The minimum atomic E-state index is -0.781. The van der Waals surface area contributed by atoms with Crippen molar-refractivity contribution in [2.75, 3.05) is 0 Å². The maximum absolute atomic E-state index is 13.2. The minimum absolute atomic E-state index is 0.339. The van der Waals surface area contributed by atoms with Crippen LogP contribution in [0.25, 0.3) is 0 Å². The highest BCUT2D eigenvalue weighted by Crippen LogP contribution is 2.32. The standard InChI is InChI=1S/C14H11Br2FO/c1-8-3-2-4-10(13(8)16)14(18)9-5-6-12(17)11(15)7-9/h2-7,14,18H,1H3. The number of hydrogen-bond donors (Lipinski definition) is 1. The van der Waals surface area contributed by atoms with Crippen molar-refractivity contribution < 1.29 is 9.50 Å². The molecular formula is C14H11Br2FO. The molecule has 1 N–H and O–H groups in total. The highest BCUT2D eigenvalue weighted by Gasteiger charge is 2.15. The van der Waals surface area contributed by atoms with Gasteiger partial charge in [-0.15, -0.1) is 0 Å². The van der Waals surface area contributed by atoms with Gasteiger partial charge in [0, 0.05) is 4.47 Å². The monoisotopic (exact) mass is 372 g/mol. The Morgan fingerprint density at radius 3 is 2.56 bits per heavy atom. The molecule has 2 aromatic rings. The second-order valence-electron chi connectivity index (χ2n) is 4.05. The molecule has 0 saturated heterocycles. The van der Waals surface area contributed by atoms with E-state index in [0.29, 0.717) is 10.0 Å². The molecule has 0 fully saturated rings. The van der Waals surface area contributed by atoms with Crippen LogP contribution in [0.5, 0.6) is 0 Å². The van der Waals surface area contributed by atoms with Crippen LogP contribution in [0.1, 0.15) is 22.8 Å². The quantitative estimate of drug-likeness (QED) is 0.805. The molecule has 1 nitrogen and oxygen atoms in total. The van der Waals surface area contributed by atoms with Crippen molar-refractivity contribution in [2.45, 2.75) is 13.0 Å². The number of halogens is 3. The van der Waals surface area contributed by atoms with E-state index in [1.54, 1.807) is 12.1 Å². The minimum Gasteiger partial charge on any atom is -0.384 e. The van der Waals surface area contributed by atoms with Crippen LogP contribution in [-0.4, -0.2) is 5.11 Å². The Morgan fingerprint density at radius 1 is 1.17 bits per heavy atom. The van der Waals surface area contributed by atoms with Crippen LogP contribution in [0.4, 0.5) is 4.39 Å². The molecule has 18 heavy (non-hydrogen) atoms. The fourth-order valence-corrected chi connectivity index (χ4v) is 2.62. The summed E-state index contributed by atoms with van der Waals surface area (Å²) in [5.41, 5.74) is 2.47. The topological polar surface area (TPSA) is 20.2 Å². The largest absolute Gasteiger partial charge is 0.384 e. The molecule has 94 valence electrons. The zero-order chi connectivity index (χ0) is 13.3. The van der Waals surface area contributed by atoms with E-state index in [2.05, 4.69) is 31.9 Å². The van der Waals surface area contributed by atoms with Gasteiger partial charge in [-0.25, -0.2) is 4.39 Å². The van der Waals surface area contributed by atoms with E-state index < -0.39 is 6.10 Å². The van der Waals surface area contributed by atoms with Gasteiger partial charge in [-0.1, -0.05) is 40.2 Å². The van der Waals surface area contributed by atoms with Crippen LogP contribution in [0, 0.1) is 12.7 Å². The number of aliphatic hydroxyl groups excluding tert-OH is 1. The number of benzene rings is 2. The summed E-state index contributed by atoms with van der Waals surface area (Å²) in [6, 6.07) is 10.2. The van der Waals surface area contributed by atoms with Crippen LogP contribution in [0.3, 0.4) is 0 Å². The molecule has 0 aliphatic heterocycles. The van der Waals surface area contributed by atoms with Gasteiger partial charge in [0.25, 0.3) is 0 Å². The summed E-state index contributed by atoms with van der Waals surface area (Å²) >= 11 is 6.59. The van der Waals surface area contributed by atoms with E-state index in [1.165, 1.54) is 6.07 Å².